The van der Waals surface area contributed by atoms with Gasteiger partial charge in [0, 0.05) is 0 Å². The molecule has 0 fully saturated rings. The Bertz CT molecular complexity index is 764. The minimum Gasteiger partial charge on any atom is -0.461 e. The highest BCUT2D eigenvalue weighted by atomic mass is 16.5. The number of carbonyl (C=O) groups excluding carboxylic acids is 1. The lowest BCUT2D eigenvalue weighted by atomic mass is 10.1. The first kappa shape index (κ1) is 12.3. The molecule has 0 bridgehead atoms. The number of aromatic nitrogens is 3. The highest BCUT2D eigenvalue weighted by Gasteiger charge is 2.12. The zero-order valence-corrected chi connectivity index (χ0v) is 11.0. The molecule has 20 heavy (non-hydrogen) atoms. The zero-order valence-electron chi connectivity index (χ0n) is 11.0. The van der Waals surface area contributed by atoms with Crippen molar-refractivity contribution in [3.05, 3.63) is 54.4 Å². The van der Waals surface area contributed by atoms with E-state index in [1.165, 1.54) is 0 Å². The van der Waals surface area contributed by atoms with Crippen LogP contribution >= 0.6 is 0 Å². The number of ether oxygens (including phenoxy) is 1. The van der Waals surface area contributed by atoms with E-state index >= 15 is 0 Å². The fraction of sp³-hybridized carbons (Fsp3) is 0.133. The van der Waals surface area contributed by atoms with Crippen molar-refractivity contribution >= 4 is 16.7 Å². The summed E-state index contributed by atoms with van der Waals surface area (Å²) in [5, 5.41) is 10.1. The van der Waals surface area contributed by atoms with Gasteiger partial charge in [-0.1, -0.05) is 35.5 Å². The molecule has 0 saturated carbocycles. The predicted octanol–water partition coefficient (Wildman–Crippen LogP) is 2.60. The highest BCUT2D eigenvalue weighted by molar-refractivity contribution is 5.87. The van der Waals surface area contributed by atoms with E-state index in [2.05, 4.69) is 10.3 Å². The molecule has 0 aliphatic heterocycles. The molecule has 1 aromatic heterocycles. The number of nitrogens with zero attached hydrogens (tertiary/aromatic N) is 3. The summed E-state index contributed by atoms with van der Waals surface area (Å²) in [5.41, 5.74) is 1.06. The fourth-order valence-electron chi connectivity index (χ4n) is 2.01. The molecule has 3 aromatic rings. The minimum atomic E-state index is -0.459. The zero-order chi connectivity index (χ0) is 13.9. The Labute approximate surface area is 115 Å². The van der Waals surface area contributed by atoms with E-state index in [-0.39, 0.29) is 5.69 Å². The van der Waals surface area contributed by atoms with Gasteiger partial charge in [-0.05, 0) is 29.8 Å². The third-order valence-corrected chi connectivity index (χ3v) is 2.98. The molecule has 0 unspecified atom stereocenters. The van der Waals surface area contributed by atoms with Crippen LogP contribution < -0.4 is 0 Å². The normalized spacial score (nSPS) is 10.7. The van der Waals surface area contributed by atoms with Crippen molar-refractivity contribution in [1.29, 1.82) is 0 Å². The summed E-state index contributed by atoms with van der Waals surface area (Å²) in [4.78, 5) is 11.6. The van der Waals surface area contributed by atoms with Crippen LogP contribution in [-0.2, 0) is 4.74 Å². The second-order valence-corrected chi connectivity index (χ2v) is 4.30. The molecule has 0 aliphatic carbocycles. The smallest absolute Gasteiger partial charge is 0.360 e. The van der Waals surface area contributed by atoms with E-state index < -0.39 is 5.97 Å². The van der Waals surface area contributed by atoms with E-state index in [1.807, 2.05) is 42.5 Å². The Morgan fingerprint density at radius 2 is 2.00 bits per heavy atom. The molecule has 5 heteroatoms. The first-order chi connectivity index (χ1) is 9.78. The van der Waals surface area contributed by atoms with Gasteiger partial charge in [0.2, 0.25) is 0 Å². The molecule has 0 N–H and O–H groups in total. The molecule has 0 saturated heterocycles. The largest absolute Gasteiger partial charge is 0.461 e. The molecule has 0 atom stereocenters. The Morgan fingerprint density at radius 3 is 2.80 bits per heavy atom. The summed E-state index contributed by atoms with van der Waals surface area (Å²) in [6.07, 6.45) is 1.57. The van der Waals surface area contributed by atoms with Crippen molar-refractivity contribution in [2.75, 3.05) is 6.61 Å². The first-order valence-corrected chi connectivity index (χ1v) is 6.36. The van der Waals surface area contributed by atoms with E-state index in [0.29, 0.717) is 6.61 Å². The first-order valence-electron chi connectivity index (χ1n) is 6.36. The Hall–Kier alpha value is -2.69. The van der Waals surface area contributed by atoms with Gasteiger partial charge >= 0.3 is 5.97 Å². The lowest BCUT2D eigenvalue weighted by Gasteiger charge is -2.02. The number of fused-ring (bicyclic) bond motifs is 1. The number of hydrogen-bond donors (Lipinski definition) is 0. The summed E-state index contributed by atoms with van der Waals surface area (Å²) in [5.74, 6) is -0.459. The van der Waals surface area contributed by atoms with Gasteiger partial charge in [0.05, 0.1) is 18.5 Å². The molecule has 5 nitrogen and oxygen atoms in total. The minimum absolute atomic E-state index is 0.208. The maximum Gasteiger partial charge on any atom is 0.360 e. The van der Waals surface area contributed by atoms with Gasteiger partial charge in [-0.25, -0.2) is 9.48 Å². The summed E-state index contributed by atoms with van der Waals surface area (Å²) < 4.78 is 6.46. The average Bonchev–Trinajstić information content (AvgIpc) is 2.97. The van der Waals surface area contributed by atoms with Crippen LogP contribution in [0.2, 0.25) is 0 Å². The molecular weight excluding hydrogens is 254 g/mol. The maximum atomic E-state index is 11.6. The molecular formula is C15H13N3O2. The van der Waals surface area contributed by atoms with Crippen LogP contribution in [0.15, 0.2) is 48.7 Å². The predicted molar refractivity (Wildman–Crippen MR) is 74.8 cm³/mol. The lowest BCUT2D eigenvalue weighted by Crippen LogP contribution is -2.04. The van der Waals surface area contributed by atoms with Crippen LogP contribution in [0.25, 0.3) is 16.5 Å². The number of carbonyl (C=O) groups is 1. The quantitative estimate of drug-likeness (QED) is 0.684. The van der Waals surface area contributed by atoms with Crippen LogP contribution in [0.1, 0.15) is 17.4 Å². The van der Waals surface area contributed by atoms with Crippen LogP contribution in [-0.4, -0.2) is 27.6 Å². The Balaban J connectivity index is 1.96. The number of hydrogen-bond acceptors (Lipinski definition) is 4. The van der Waals surface area contributed by atoms with Crippen LogP contribution in [0.3, 0.4) is 0 Å². The molecule has 1 heterocycles. The Morgan fingerprint density at radius 1 is 1.20 bits per heavy atom. The summed E-state index contributed by atoms with van der Waals surface area (Å²) in [6.45, 7) is 2.08. The number of rotatable bonds is 3. The van der Waals surface area contributed by atoms with Gasteiger partial charge in [0.15, 0.2) is 5.69 Å². The van der Waals surface area contributed by atoms with Gasteiger partial charge < -0.3 is 4.74 Å². The third-order valence-electron chi connectivity index (χ3n) is 2.98. The van der Waals surface area contributed by atoms with Gasteiger partial charge in [0.1, 0.15) is 0 Å². The summed E-state index contributed by atoms with van der Waals surface area (Å²) in [6, 6.07) is 14.0. The second kappa shape index (κ2) is 5.13. The van der Waals surface area contributed by atoms with Crippen molar-refractivity contribution in [2.24, 2.45) is 0 Å². The van der Waals surface area contributed by atoms with Crippen molar-refractivity contribution < 1.29 is 9.53 Å². The maximum absolute atomic E-state index is 11.6. The summed E-state index contributed by atoms with van der Waals surface area (Å²) in [7, 11) is 0. The monoisotopic (exact) mass is 267 g/mol. The van der Waals surface area contributed by atoms with Gasteiger partial charge in [-0.2, -0.15) is 0 Å². The average molecular weight is 267 g/mol. The van der Waals surface area contributed by atoms with Crippen LogP contribution in [0.4, 0.5) is 0 Å². The van der Waals surface area contributed by atoms with E-state index in [4.69, 9.17) is 4.74 Å². The van der Waals surface area contributed by atoms with Gasteiger partial charge in [0.25, 0.3) is 0 Å². The Kier molecular flexibility index (Phi) is 3.16. The highest BCUT2D eigenvalue weighted by Crippen LogP contribution is 2.17. The molecule has 0 radical (unpaired) electrons. The standard InChI is InChI=1S/C15H13N3O2/c1-2-20-15(19)14-10-18(17-16-14)13-8-7-11-5-3-4-6-12(11)9-13/h3-10H,2H2,1H3. The number of esters is 1. The fourth-order valence-corrected chi connectivity index (χ4v) is 2.01. The van der Waals surface area contributed by atoms with Gasteiger partial charge in [-0.15, -0.1) is 5.10 Å². The van der Waals surface area contributed by atoms with E-state index in [9.17, 15) is 4.79 Å². The van der Waals surface area contributed by atoms with Crippen molar-refractivity contribution in [3.8, 4) is 5.69 Å². The number of benzene rings is 2. The summed E-state index contributed by atoms with van der Waals surface area (Å²) >= 11 is 0. The van der Waals surface area contributed by atoms with Crippen molar-refractivity contribution in [1.82, 2.24) is 15.0 Å². The second-order valence-electron chi connectivity index (χ2n) is 4.30. The van der Waals surface area contributed by atoms with E-state index in [1.54, 1.807) is 17.8 Å². The third kappa shape index (κ3) is 2.25. The van der Waals surface area contributed by atoms with Gasteiger partial charge in [-0.3, -0.25) is 0 Å². The van der Waals surface area contributed by atoms with Crippen LogP contribution in [0, 0.1) is 0 Å². The molecule has 0 spiro atoms. The molecule has 100 valence electrons. The molecule has 3 rings (SSSR count). The molecule has 2 aromatic carbocycles. The SMILES string of the molecule is CCOC(=O)c1cn(-c2ccc3ccccc3c2)nn1. The topological polar surface area (TPSA) is 57.0 Å². The van der Waals surface area contributed by atoms with Crippen molar-refractivity contribution in [3.63, 3.8) is 0 Å². The van der Waals surface area contributed by atoms with Crippen LogP contribution in [0.5, 0.6) is 0 Å². The van der Waals surface area contributed by atoms with Crippen molar-refractivity contribution in [2.45, 2.75) is 6.92 Å². The lowest BCUT2D eigenvalue weighted by molar-refractivity contribution is 0.0519. The van der Waals surface area contributed by atoms with E-state index in [0.717, 1.165) is 16.5 Å². The molecule has 0 aliphatic rings. The molecule has 0 amide bonds.